The predicted molar refractivity (Wildman–Crippen MR) is 131 cm³/mol. The van der Waals surface area contributed by atoms with Crippen molar-refractivity contribution in [2.24, 2.45) is 0 Å². The van der Waals surface area contributed by atoms with E-state index in [-0.39, 0.29) is 18.0 Å². The highest BCUT2D eigenvalue weighted by Crippen LogP contribution is 2.31. The second kappa shape index (κ2) is 12.7. The molecule has 0 atom stereocenters. The van der Waals surface area contributed by atoms with Gasteiger partial charge < -0.3 is 15.4 Å². The third-order valence-corrected chi connectivity index (χ3v) is 6.15. The van der Waals surface area contributed by atoms with Crippen molar-refractivity contribution in [3.63, 3.8) is 0 Å². The SMILES string of the molecule is CCCOc1ccccc1C(=O)Nc1ccccc1C.O=CNc1cccc(S(=O)(=O)C(F)(F)F)c1. The van der Waals surface area contributed by atoms with Crippen molar-refractivity contribution in [2.45, 2.75) is 30.7 Å². The molecule has 192 valence electrons. The van der Waals surface area contributed by atoms with Gasteiger partial charge in [-0.2, -0.15) is 13.2 Å². The summed E-state index contributed by atoms with van der Waals surface area (Å²) in [5.74, 6) is 0.478. The summed E-state index contributed by atoms with van der Waals surface area (Å²) in [7, 11) is -5.37. The molecule has 0 spiro atoms. The number of carbonyl (C=O) groups is 2. The van der Waals surface area contributed by atoms with Crippen LogP contribution in [0, 0.1) is 6.92 Å². The van der Waals surface area contributed by atoms with Crippen LogP contribution in [-0.2, 0) is 14.6 Å². The van der Waals surface area contributed by atoms with Gasteiger partial charge >= 0.3 is 5.51 Å². The Balaban J connectivity index is 0.000000261. The first-order chi connectivity index (χ1) is 17.0. The summed E-state index contributed by atoms with van der Waals surface area (Å²) < 4.78 is 64.0. The van der Waals surface area contributed by atoms with Crippen molar-refractivity contribution in [2.75, 3.05) is 17.2 Å². The second-order valence-electron chi connectivity index (χ2n) is 7.35. The quantitative estimate of drug-likeness (QED) is 0.376. The minimum Gasteiger partial charge on any atom is -0.493 e. The average Bonchev–Trinajstić information content (AvgIpc) is 2.84. The third-order valence-electron chi connectivity index (χ3n) is 4.66. The minimum absolute atomic E-state index is 0.0275. The number of anilines is 2. The smallest absolute Gasteiger partial charge is 0.493 e. The number of rotatable bonds is 8. The third kappa shape index (κ3) is 7.57. The molecule has 2 N–H and O–H groups in total. The number of alkyl halides is 3. The summed E-state index contributed by atoms with van der Waals surface area (Å²) in [6.07, 6.45) is 1.15. The van der Waals surface area contributed by atoms with Gasteiger partial charge in [-0.15, -0.1) is 0 Å². The van der Waals surface area contributed by atoms with Gasteiger partial charge in [0, 0.05) is 11.4 Å². The summed E-state index contributed by atoms with van der Waals surface area (Å²) in [6.45, 7) is 4.61. The molecule has 0 aliphatic rings. The van der Waals surface area contributed by atoms with Gasteiger partial charge in [-0.1, -0.05) is 43.3 Å². The molecule has 0 bridgehead atoms. The number of benzene rings is 3. The van der Waals surface area contributed by atoms with E-state index in [1.165, 1.54) is 6.07 Å². The molecule has 11 heteroatoms. The zero-order valence-corrected chi connectivity index (χ0v) is 20.3. The van der Waals surface area contributed by atoms with Crippen LogP contribution in [0.4, 0.5) is 24.5 Å². The maximum Gasteiger partial charge on any atom is 0.501 e. The lowest BCUT2D eigenvalue weighted by molar-refractivity contribution is -0.105. The van der Waals surface area contributed by atoms with Crippen LogP contribution in [0.5, 0.6) is 5.75 Å². The molecule has 0 unspecified atom stereocenters. The van der Waals surface area contributed by atoms with E-state index >= 15 is 0 Å². The number of amides is 2. The van der Waals surface area contributed by atoms with Crippen LogP contribution in [0.25, 0.3) is 0 Å². The highest BCUT2D eigenvalue weighted by Gasteiger charge is 2.46. The van der Waals surface area contributed by atoms with E-state index in [0.29, 0.717) is 17.9 Å². The topological polar surface area (TPSA) is 102 Å². The Morgan fingerprint density at radius 3 is 2.31 bits per heavy atom. The van der Waals surface area contributed by atoms with Gasteiger partial charge in [0.15, 0.2) is 0 Å². The van der Waals surface area contributed by atoms with Crippen LogP contribution in [0.15, 0.2) is 77.7 Å². The van der Waals surface area contributed by atoms with Crippen molar-refractivity contribution < 1.29 is 35.9 Å². The fourth-order valence-electron chi connectivity index (χ4n) is 2.85. The van der Waals surface area contributed by atoms with Crippen LogP contribution >= 0.6 is 0 Å². The molecule has 2 amide bonds. The molecule has 36 heavy (non-hydrogen) atoms. The Hall–Kier alpha value is -3.86. The van der Waals surface area contributed by atoms with E-state index in [2.05, 4.69) is 10.6 Å². The molecule has 0 radical (unpaired) electrons. The molecule has 3 aromatic rings. The second-order valence-corrected chi connectivity index (χ2v) is 9.29. The molecular weight excluding hydrogens is 497 g/mol. The zero-order chi connectivity index (χ0) is 26.8. The molecule has 7 nitrogen and oxygen atoms in total. The number of carbonyl (C=O) groups excluding carboxylic acids is 2. The summed E-state index contributed by atoms with van der Waals surface area (Å²) >= 11 is 0. The fraction of sp³-hybridized carbons (Fsp3) is 0.200. The Bertz CT molecular complexity index is 1290. The van der Waals surface area contributed by atoms with E-state index in [1.54, 1.807) is 6.07 Å². The number of nitrogens with one attached hydrogen (secondary N) is 2. The molecule has 0 fully saturated rings. The van der Waals surface area contributed by atoms with E-state index in [9.17, 15) is 31.2 Å². The molecule has 0 heterocycles. The number of para-hydroxylation sites is 2. The van der Waals surface area contributed by atoms with Crippen LogP contribution in [0.3, 0.4) is 0 Å². The first-order valence-electron chi connectivity index (χ1n) is 10.7. The molecule has 0 saturated carbocycles. The van der Waals surface area contributed by atoms with Crippen LogP contribution in [-0.4, -0.2) is 32.9 Å². The normalized spacial score (nSPS) is 11.0. The molecule has 3 aromatic carbocycles. The van der Waals surface area contributed by atoms with Crippen molar-refractivity contribution in [1.29, 1.82) is 0 Å². The molecule has 0 saturated heterocycles. The predicted octanol–water partition coefficient (Wildman–Crippen LogP) is 5.58. The number of sulfone groups is 1. The van der Waals surface area contributed by atoms with Gasteiger partial charge in [-0.3, -0.25) is 9.59 Å². The maximum atomic E-state index is 12.4. The van der Waals surface area contributed by atoms with Gasteiger partial charge in [0.05, 0.1) is 17.1 Å². The van der Waals surface area contributed by atoms with E-state index in [4.69, 9.17) is 4.74 Å². The first kappa shape index (κ1) is 28.4. The lowest BCUT2D eigenvalue weighted by Gasteiger charge is -2.12. The lowest BCUT2D eigenvalue weighted by atomic mass is 10.1. The fourth-order valence-corrected chi connectivity index (χ4v) is 3.66. The molecule has 0 aliphatic carbocycles. The number of hydrogen-bond donors (Lipinski definition) is 2. The average molecular weight is 523 g/mol. The first-order valence-corrected chi connectivity index (χ1v) is 12.2. The lowest BCUT2D eigenvalue weighted by Crippen LogP contribution is -2.23. The van der Waals surface area contributed by atoms with Crippen LogP contribution < -0.4 is 15.4 Å². The van der Waals surface area contributed by atoms with Gasteiger partial charge in [0.25, 0.3) is 15.7 Å². The van der Waals surface area contributed by atoms with Crippen molar-refractivity contribution >= 4 is 33.5 Å². The standard InChI is InChI=1S/C17H19NO2.C8H6F3NO3S/c1-3-12-20-16-11-7-5-9-14(16)17(19)18-15-10-6-4-8-13(15)2;9-8(10,11)16(14,15)7-3-1-2-6(4-7)12-5-13/h4-11H,3,12H2,1-2H3,(H,18,19);1-5H,(H,12,13). The summed E-state index contributed by atoms with van der Waals surface area (Å²) in [6, 6.07) is 18.9. The largest absolute Gasteiger partial charge is 0.501 e. The Morgan fingerprint density at radius 2 is 1.67 bits per heavy atom. The maximum absolute atomic E-state index is 12.4. The van der Waals surface area contributed by atoms with Gasteiger partial charge in [-0.25, -0.2) is 8.42 Å². The van der Waals surface area contributed by atoms with E-state index < -0.39 is 20.2 Å². The van der Waals surface area contributed by atoms with Crippen molar-refractivity contribution in [3.8, 4) is 5.75 Å². The number of halogens is 3. The van der Waals surface area contributed by atoms with Crippen molar-refractivity contribution in [3.05, 3.63) is 83.9 Å². The summed E-state index contributed by atoms with van der Waals surface area (Å²) in [5, 5.41) is 4.98. The highest BCUT2D eigenvalue weighted by molar-refractivity contribution is 7.92. The molecule has 0 aromatic heterocycles. The minimum atomic E-state index is -5.37. The molecule has 0 aliphatic heterocycles. The Kier molecular flexibility index (Phi) is 10.0. The van der Waals surface area contributed by atoms with Crippen molar-refractivity contribution in [1.82, 2.24) is 0 Å². The Morgan fingerprint density at radius 1 is 1.00 bits per heavy atom. The number of hydrogen-bond acceptors (Lipinski definition) is 5. The molecular formula is C25H25F3N2O5S. The van der Waals surface area contributed by atoms with E-state index in [0.717, 1.165) is 35.9 Å². The monoisotopic (exact) mass is 522 g/mol. The van der Waals surface area contributed by atoms with Gasteiger partial charge in [0.2, 0.25) is 6.41 Å². The van der Waals surface area contributed by atoms with Crippen LogP contribution in [0.2, 0.25) is 0 Å². The summed E-state index contributed by atoms with van der Waals surface area (Å²) in [4.78, 5) is 21.5. The Labute approximate surface area is 207 Å². The number of aryl methyl sites for hydroxylation is 1. The number of ether oxygens (including phenoxy) is 1. The zero-order valence-electron chi connectivity index (χ0n) is 19.5. The van der Waals surface area contributed by atoms with Crippen LogP contribution in [0.1, 0.15) is 29.3 Å². The van der Waals surface area contributed by atoms with E-state index in [1.807, 2.05) is 56.3 Å². The summed E-state index contributed by atoms with van der Waals surface area (Å²) in [5.41, 5.74) is -2.97. The molecule has 3 rings (SSSR count). The van der Waals surface area contributed by atoms with Gasteiger partial charge in [0.1, 0.15) is 5.75 Å². The van der Waals surface area contributed by atoms with Gasteiger partial charge in [-0.05, 0) is 55.3 Å². The highest BCUT2D eigenvalue weighted by atomic mass is 32.2.